The summed E-state index contributed by atoms with van der Waals surface area (Å²) >= 11 is 0. The Morgan fingerprint density at radius 1 is 1.41 bits per heavy atom. The number of carbonyl (C=O) groups is 1. The number of aliphatic hydroxyl groups is 1. The van der Waals surface area contributed by atoms with Crippen LogP contribution in [0.15, 0.2) is 24.3 Å². The molecule has 0 unspecified atom stereocenters. The molecule has 0 saturated heterocycles. The van der Waals surface area contributed by atoms with E-state index < -0.39 is 0 Å². The summed E-state index contributed by atoms with van der Waals surface area (Å²) in [6.45, 7) is 0.0638. The third-order valence-electron chi connectivity index (χ3n) is 2.85. The zero-order chi connectivity index (χ0) is 12.3. The Morgan fingerprint density at radius 2 is 2.18 bits per heavy atom. The SMILES string of the molecule is Cn1c(CC(=O)CCCO)nc2ccccc21. The van der Waals surface area contributed by atoms with Gasteiger partial charge in [0, 0.05) is 20.1 Å². The third kappa shape index (κ3) is 2.53. The summed E-state index contributed by atoms with van der Waals surface area (Å²) in [5.41, 5.74) is 1.96. The van der Waals surface area contributed by atoms with Crippen LogP contribution >= 0.6 is 0 Å². The first-order valence-corrected chi connectivity index (χ1v) is 5.75. The van der Waals surface area contributed by atoms with E-state index in [9.17, 15) is 4.79 Å². The normalized spacial score (nSPS) is 10.9. The minimum atomic E-state index is 0.0638. The molecule has 0 aliphatic carbocycles. The third-order valence-corrected chi connectivity index (χ3v) is 2.85. The zero-order valence-electron chi connectivity index (χ0n) is 9.89. The van der Waals surface area contributed by atoms with E-state index in [1.807, 2.05) is 35.9 Å². The molecular formula is C13H16N2O2. The molecule has 0 aliphatic heterocycles. The molecule has 17 heavy (non-hydrogen) atoms. The number of hydrogen-bond donors (Lipinski definition) is 1. The number of ketones is 1. The van der Waals surface area contributed by atoms with Crippen molar-refractivity contribution in [3.8, 4) is 0 Å². The van der Waals surface area contributed by atoms with E-state index in [2.05, 4.69) is 4.98 Å². The number of nitrogens with zero attached hydrogens (tertiary/aromatic N) is 2. The molecule has 1 aromatic heterocycles. The minimum Gasteiger partial charge on any atom is -0.396 e. The molecule has 0 radical (unpaired) electrons. The Morgan fingerprint density at radius 3 is 2.88 bits per heavy atom. The molecule has 1 heterocycles. The second-order valence-corrected chi connectivity index (χ2v) is 4.12. The van der Waals surface area contributed by atoms with E-state index in [0.29, 0.717) is 19.3 Å². The van der Waals surface area contributed by atoms with E-state index in [0.717, 1.165) is 16.9 Å². The topological polar surface area (TPSA) is 55.1 Å². The molecule has 1 N–H and O–H groups in total. The number of benzene rings is 1. The van der Waals surface area contributed by atoms with Crippen molar-refractivity contribution < 1.29 is 9.90 Å². The average molecular weight is 232 g/mol. The quantitative estimate of drug-likeness (QED) is 0.849. The molecule has 2 aromatic rings. The fourth-order valence-corrected chi connectivity index (χ4v) is 1.89. The highest BCUT2D eigenvalue weighted by atomic mass is 16.3. The van der Waals surface area contributed by atoms with Crippen molar-refractivity contribution in [2.75, 3.05) is 6.61 Å². The molecule has 0 fully saturated rings. The molecule has 0 saturated carbocycles. The molecule has 4 nitrogen and oxygen atoms in total. The highest BCUT2D eigenvalue weighted by molar-refractivity contribution is 5.82. The second-order valence-electron chi connectivity index (χ2n) is 4.12. The summed E-state index contributed by atoms with van der Waals surface area (Å²) in [5.74, 6) is 0.909. The van der Waals surface area contributed by atoms with Gasteiger partial charge in [-0.3, -0.25) is 4.79 Å². The van der Waals surface area contributed by atoms with Gasteiger partial charge in [0.25, 0.3) is 0 Å². The van der Waals surface area contributed by atoms with Gasteiger partial charge in [0.05, 0.1) is 17.5 Å². The summed E-state index contributed by atoms with van der Waals surface area (Å²) < 4.78 is 1.95. The van der Waals surface area contributed by atoms with Gasteiger partial charge in [-0.15, -0.1) is 0 Å². The first-order valence-electron chi connectivity index (χ1n) is 5.75. The number of rotatable bonds is 5. The van der Waals surface area contributed by atoms with Crippen molar-refractivity contribution in [3.63, 3.8) is 0 Å². The van der Waals surface area contributed by atoms with Gasteiger partial charge in [-0.1, -0.05) is 12.1 Å². The minimum absolute atomic E-state index is 0.0638. The first kappa shape index (κ1) is 11.8. The lowest BCUT2D eigenvalue weighted by molar-refractivity contribution is -0.118. The summed E-state index contributed by atoms with van der Waals surface area (Å²) in [4.78, 5) is 16.1. The van der Waals surface area contributed by atoms with Gasteiger partial charge >= 0.3 is 0 Å². The second kappa shape index (κ2) is 5.10. The Labute approximate surface area is 99.9 Å². The van der Waals surface area contributed by atoms with E-state index >= 15 is 0 Å². The molecule has 90 valence electrons. The molecule has 0 spiro atoms. The van der Waals surface area contributed by atoms with E-state index in [1.165, 1.54) is 0 Å². The number of aryl methyl sites for hydroxylation is 1. The summed E-state index contributed by atoms with van der Waals surface area (Å²) in [6.07, 6.45) is 1.29. The molecule has 1 aromatic carbocycles. The first-order chi connectivity index (χ1) is 8.22. The summed E-state index contributed by atoms with van der Waals surface area (Å²) in [7, 11) is 1.92. The number of hydrogen-bond acceptors (Lipinski definition) is 3. The van der Waals surface area contributed by atoms with Crippen LogP contribution in [0.25, 0.3) is 11.0 Å². The number of aliphatic hydroxyl groups excluding tert-OH is 1. The Hall–Kier alpha value is -1.68. The fourth-order valence-electron chi connectivity index (χ4n) is 1.89. The standard InChI is InChI=1S/C13H16N2O2/c1-15-12-7-3-2-6-11(12)14-13(15)9-10(17)5-4-8-16/h2-3,6-7,16H,4-5,8-9H2,1H3. The van der Waals surface area contributed by atoms with Crippen molar-refractivity contribution >= 4 is 16.8 Å². The highest BCUT2D eigenvalue weighted by Gasteiger charge is 2.10. The smallest absolute Gasteiger partial charge is 0.140 e. The van der Waals surface area contributed by atoms with Crippen molar-refractivity contribution in [3.05, 3.63) is 30.1 Å². The maximum absolute atomic E-state index is 11.6. The van der Waals surface area contributed by atoms with Crippen LogP contribution in [0.3, 0.4) is 0 Å². The van der Waals surface area contributed by atoms with Crippen molar-refractivity contribution in [2.24, 2.45) is 7.05 Å². The molecule has 4 heteroatoms. The van der Waals surface area contributed by atoms with Crippen LogP contribution in [0.5, 0.6) is 0 Å². The monoisotopic (exact) mass is 232 g/mol. The van der Waals surface area contributed by atoms with Crippen LogP contribution < -0.4 is 0 Å². The van der Waals surface area contributed by atoms with Gasteiger partial charge in [-0.05, 0) is 18.6 Å². The summed E-state index contributed by atoms with van der Waals surface area (Å²) in [6, 6.07) is 7.83. The van der Waals surface area contributed by atoms with Gasteiger partial charge in [0.2, 0.25) is 0 Å². The van der Waals surface area contributed by atoms with Crippen molar-refractivity contribution in [1.29, 1.82) is 0 Å². The van der Waals surface area contributed by atoms with E-state index in [4.69, 9.17) is 5.11 Å². The Balaban J connectivity index is 2.19. The average Bonchev–Trinajstić information content (AvgIpc) is 2.64. The van der Waals surface area contributed by atoms with Crippen molar-refractivity contribution in [1.82, 2.24) is 9.55 Å². The molecule has 2 rings (SSSR count). The van der Waals surface area contributed by atoms with Crippen LogP contribution in [0.4, 0.5) is 0 Å². The molecular weight excluding hydrogens is 216 g/mol. The molecule has 0 amide bonds. The highest BCUT2D eigenvalue weighted by Crippen LogP contribution is 2.15. The number of para-hydroxylation sites is 2. The van der Waals surface area contributed by atoms with Crippen LogP contribution in [0.1, 0.15) is 18.7 Å². The lowest BCUT2D eigenvalue weighted by atomic mass is 10.1. The number of Topliss-reactive ketones (excluding diaryl/α,β-unsaturated/α-hetero) is 1. The van der Waals surface area contributed by atoms with Crippen LogP contribution in [0.2, 0.25) is 0 Å². The Kier molecular flexibility index (Phi) is 3.54. The van der Waals surface area contributed by atoms with Gasteiger partial charge in [-0.25, -0.2) is 4.98 Å². The zero-order valence-corrected chi connectivity index (χ0v) is 9.89. The predicted octanol–water partition coefficient (Wildman–Crippen LogP) is 1.46. The fraction of sp³-hybridized carbons (Fsp3) is 0.385. The summed E-state index contributed by atoms with van der Waals surface area (Å²) in [5, 5.41) is 8.68. The van der Waals surface area contributed by atoms with Crippen molar-refractivity contribution in [2.45, 2.75) is 19.3 Å². The lowest BCUT2D eigenvalue weighted by Gasteiger charge is -2.01. The van der Waals surface area contributed by atoms with Gasteiger partial charge in [-0.2, -0.15) is 0 Å². The molecule has 0 aliphatic rings. The van der Waals surface area contributed by atoms with Gasteiger partial charge < -0.3 is 9.67 Å². The van der Waals surface area contributed by atoms with Gasteiger partial charge in [0.1, 0.15) is 11.6 Å². The largest absolute Gasteiger partial charge is 0.396 e. The number of aromatic nitrogens is 2. The van der Waals surface area contributed by atoms with Crippen LogP contribution in [0, 0.1) is 0 Å². The maximum atomic E-state index is 11.6. The molecule has 0 atom stereocenters. The van der Waals surface area contributed by atoms with Crippen LogP contribution in [-0.4, -0.2) is 27.0 Å². The lowest BCUT2D eigenvalue weighted by Crippen LogP contribution is -2.08. The predicted molar refractivity (Wildman–Crippen MR) is 65.7 cm³/mol. The van der Waals surface area contributed by atoms with E-state index in [-0.39, 0.29) is 12.4 Å². The van der Waals surface area contributed by atoms with E-state index in [1.54, 1.807) is 0 Å². The number of imidazole rings is 1. The van der Waals surface area contributed by atoms with Gasteiger partial charge in [0.15, 0.2) is 0 Å². The number of fused-ring (bicyclic) bond motifs is 1. The number of carbonyl (C=O) groups excluding carboxylic acids is 1. The maximum Gasteiger partial charge on any atom is 0.140 e. The molecule has 0 bridgehead atoms. The Bertz CT molecular complexity index is 531. The van der Waals surface area contributed by atoms with Crippen LogP contribution in [-0.2, 0) is 18.3 Å².